The van der Waals surface area contributed by atoms with Crippen molar-refractivity contribution in [3.8, 4) is 5.88 Å². The minimum Gasteiger partial charge on any atom is -0.472 e. The summed E-state index contributed by atoms with van der Waals surface area (Å²) in [5, 5.41) is 3.24. The number of rotatable bonds is 6. The zero-order valence-electron chi connectivity index (χ0n) is 11.8. The maximum Gasteiger partial charge on any atom is 0.219 e. The average Bonchev–Trinajstić information content (AvgIpc) is 3.12. The Morgan fingerprint density at radius 2 is 2.06 bits per heavy atom. The van der Waals surface area contributed by atoms with Crippen LogP contribution in [0.5, 0.6) is 5.88 Å². The standard InChI is InChI=1S/C14H23N3O/c1-5-14(3,4)18-12-9-11(15-6-2)16-13(17-12)10-7-8-10/h9-10H,5-8H2,1-4H3,(H,15,16,17). The minimum atomic E-state index is -0.182. The summed E-state index contributed by atoms with van der Waals surface area (Å²) in [5.74, 6) is 3.03. The van der Waals surface area contributed by atoms with Gasteiger partial charge in [0.25, 0.3) is 0 Å². The molecule has 18 heavy (non-hydrogen) atoms. The Labute approximate surface area is 109 Å². The number of aromatic nitrogens is 2. The highest BCUT2D eigenvalue weighted by molar-refractivity contribution is 5.39. The van der Waals surface area contributed by atoms with E-state index in [1.54, 1.807) is 0 Å². The van der Waals surface area contributed by atoms with E-state index in [1.807, 2.05) is 6.07 Å². The van der Waals surface area contributed by atoms with Gasteiger partial charge in [0.2, 0.25) is 5.88 Å². The van der Waals surface area contributed by atoms with Gasteiger partial charge in [0, 0.05) is 18.5 Å². The first-order valence-corrected chi connectivity index (χ1v) is 6.86. The molecule has 1 saturated carbocycles. The molecular formula is C14H23N3O. The highest BCUT2D eigenvalue weighted by Gasteiger charge is 2.28. The number of ether oxygens (including phenoxy) is 1. The summed E-state index contributed by atoms with van der Waals surface area (Å²) < 4.78 is 5.97. The molecule has 4 nitrogen and oxygen atoms in total. The van der Waals surface area contributed by atoms with Crippen LogP contribution in [0, 0.1) is 0 Å². The molecule has 0 bridgehead atoms. The molecule has 0 radical (unpaired) electrons. The van der Waals surface area contributed by atoms with E-state index < -0.39 is 0 Å². The van der Waals surface area contributed by atoms with Crippen LogP contribution in [-0.2, 0) is 0 Å². The van der Waals surface area contributed by atoms with Crippen LogP contribution in [0.4, 0.5) is 5.82 Å². The van der Waals surface area contributed by atoms with Crippen LogP contribution in [0.1, 0.15) is 58.7 Å². The van der Waals surface area contributed by atoms with Crippen molar-refractivity contribution < 1.29 is 4.74 Å². The van der Waals surface area contributed by atoms with Crippen molar-refractivity contribution in [2.24, 2.45) is 0 Å². The first kappa shape index (κ1) is 13.1. The molecule has 2 rings (SSSR count). The largest absolute Gasteiger partial charge is 0.472 e. The molecule has 1 fully saturated rings. The fourth-order valence-electron chi connectivity index (χ4n) is 1.65. The van der Waals surface area contributed by atoms with Gasteiger partial charge in [-0.3, -0.25) is 0 Å². The topological polar surface area (TPSA) is 47.0 Å². The molecule has 1 aromatic rings. The molecule has 0 aromatic carbocycles. The molecule has 1 heterocycles. The van der Waals surface area contributed by atoms with Crippen LogP contribution < -0.4 is 10.1 Å². The molecule has 0 atom stereocenters. The molecule has 0 saturated heterocycles. The van der Waals surface area contributed by atoms with Gasteiger partial charge in [-0.2, -0.15) is 4.98 Å². The predicted molar refractivity (Wildman–Crippen MR) is 73.2 cm³/mol. The number of nitrogens with zero attached hydrogens (tertiary/aromatic N) is 2. The second kappa shape index (κ2) is 5.12. The van der Waals surface area contributed by atoms with E-state index in [2.05, 4.69) is 43.0 Å². The molecular weight excluding hydrogens is 226 g/mol. The Morgan fingerprint density at radius 1 is 1.33 bits per heavy atom. The fourth-order valence-corrected chi connectivity index (χ4v) is 1.65. The molecule has 0 amide bonds. The van der Waals surface area contributed by atoms with Gasteiger partial charge in [0.1, 0.15) is 17.2 Å². The summed E-state index contributed by atoms with van der Waals surface area (Å²) >= 11 is 0. The Morgan fingerprint density at radius 3 is 2.61 bits per heavy atom. The third-order valence-corrected chi connectivity index (χ3v) is 3.25. The summed E-state index contributed by atoms with van der Waals surface area (Å²) in [7, 11) is 0. The Bertz CT molecular complexity index is 414. The van der Waals surface area contributed by atoms with Gasteiger partial charge in [-0.15, -0.1) is 0 Å². The maximum absolute atomic E-state index is 5.97. The number of nitrogens with one attached hydrogen (secondary N) is 1. The van der Waals surface area contributed by atoms with Crippen LogP contribution in [0.25, 0.3) is 0 Å². The lowest BCUT2D eigenvalue weighted by atomic mass is 10.1. The Kier molecular flexibility index (Phi) is 3.73. The van der Waals surface area contributed by atoms with Gasteiger partial charge in [0.15, 0.2) is 0 Å². The molecule has 1 aliphatic carbocycles. The second-order valence-electron chi connectivity index (χ2n) is 5.47. The van der Waals surface area contributed by atoms with E-state index in [4.69, 9.17) is 4.74 Å². The second-order valence-corrected chi connectivity index (χ2v) is 5.47. The van der Waals surface area contributed by atoms with Crippen LogP contribution in [0.2, 0.25) is 0 Å². The average molecular weight is 249 g/mol. The highest BCUT2D eigenvalue weighted by atomic mass is 16.5. The lowest BCUT2D eigenvalue weighted by Crippen LogP contribution is -2.27. The number of anilines is 1. The Hall–Kier alpha value is -1.32. The first-order valence-electron chi connectivity index (χ1n) is 6.86. The minimum absolute atomic E-state index is 0.182. The summed E-state index contributed by atoms with van der Waals surface area (Å²) in [6.07, 6.45) is 3.35. The Balaban J connectivity index is 2.22. The molecule has 1 aliphatic rings. The van der Waals surface area contributed by atoms with Gasteiger partial charge < -0.3 is 10.1 Å². The molecule has 4 heteroatoms. The van der Waals surface area contributed by atoms with E-state index in [9.17, 15) is 0 Å². The van der Waals surface area contributed by atoms with E-state index in [0.717, 1.165) is 24.6 Å². The van der Waals surface area contributed by atoms with Crippen molar-refractivity contribution >= 4 is 5.82 Å². The zero-order chi connectivity index (χ0) is 13.2. The van der Waals surface area contributed by atoms with Crippen molar-refractivity contribution in [1.29, 1.82) is 0 Å². The monoisotopic (exact) mass is 249 g/mol. The van der Waals surface area contributed by atoms with E-state index >= 15 is 0 Å². The van der Waals surface area contributed by atoms with Gasteiger partial charge in [-0.1, -0.05) is 6.92 Å². The fraction of sp³-hybridized carbons (Fsp3) is 0.714. The number of hydrogen-bond donors (Lipinski definition) is 1. The normalized spacial score (nSPS) is 15.6. The van der Waals surface area contributed by atoms with Crippen molar-refractivity contribution in [3.63, 3.8) is 0 Å². The summed E-state index contributed by atoms with van der Waals surface area (Å²) in [5.41, 5.74) is -0.182. The van der Waals surface area contributed by atoms with Crippen LogP contribution in [0.15, 0.2) is 6.07 Å². The van der Waals surface area contributed by atoms with Gasteiger partial charge in [-0.05, 0) is 40.0 Å². The van der Waals surface area contributed by atoms with E-state index in [-0.39, 0.29) is 5.60 Å². The maximum atomic E-state index is 5.97. The van der Waals surface area contributed by atoms with Gasteiger partial charge in [-0.25, -0.2) is 4.98 Å². The number of hydrogen-bond acceptors (Lipinski definition) is 4. The van der Waals surface area contributed by atoms with Crippen LogP contribution in [-0.4, -0.2) is 22.1 Å². The third-order valence-electron chi connectivity index (χ3n) is 3.25. The SMILES string of the molecule is CCNc1cc(OC(C)(C)CC)nc(C2CC2)n1. The van der Waals surface area contributed by atoms with Crippen molar-refractivity contribution in [2.45, 2.75) is 58.5 Å². The molecule has 1 N–H and O–H groups in total. The molecule has 0 aliphatic heterocycles. The summed E-state index contributed by atoms with van der Waals surface area (Å²) in [6, 6.07) is 1.90. The lowest BCUT2D eigenvalue weighted by molar-refractivity contribution is 0.0986. The molecule has 0 unspecified atom stereocenters. The lowest BCUT2D eigenvalue weighted by Gasteiger charge is -2.24. The third kappa shape index (κ3) is 3.34. The highest BCUT2D eigenvalue weighted by Crippen LogP contribution is 2.39. The smallest absolute Gasteiger partial charge is 0.219 e. The summed E-state index contributed by atoms with van der Waals surface area (Å²) in [6.45, 7) is 9.21. The molecule has 100 valence electrons. The first-order chi connectivity index (χ1) is 8.54. The van der Waals surface area contributed by atoms with Crippen LogP contribution in [0.3, 0.4) is 0 Å². The van der Waals surface area contributed by atoms with Crippen molar-refractivity contribution in [1.82, 2.24) is 9.97 Å². The van der Waals surface area contributed by atoms with Crippen LogP contribution >= 0.6 is 0 Å². The van der Waals surface area contributed by atoms with Crippen molar-refractivity contribution in [3.05, 3.63) is 11.9 Å². The van der Waals surface area contributed by atoms with Crippen molar-refractivity contribution in [2.75, 3.05) is 11.9 Å². The molecule has 1 aromatic heterocycles. The van der Waals surface area contributed by atoms with E-state index in [0.29, 0.717) is 11.8 Å². The molecule has 0 spiro atoms. The van der Waals surface area contributed by atoms with E-state index in [1.165, 1.54) is 12.8 Å². The quantitative estimate of drug-likeness (QED) is 0.839. The van der Waals surface area contributed by atoms with Gasteiger partial charge >= 0.3 is 0 Å². The van der Waals surface area contributed by atoms with Gasteiger partial charge in [0.05, 0.1) is 0 Å². The summed E-state index contributed by atoms with van der Waals surface area (Å²) in [4.78, 5) is 9.08. The zero-order valence-corrected chi connectivity index (χ0v) is 11.8. The predicted octanol–water partition coefficient (Wildman–Crippen LogP) is 3.35.